The zero-order valence-electron chi connectivity index (χ0n) is 18.4. The van der Waals surface area contributed by atoms with Gasteiger partial charge in [-0.05, 0) is 0 Å². The standard InChI is InChI=1S/C13H10.C9H7.C7H9.2ClH.Zr/c1-3-7-12(8-4-1)11-13-9-5-2-6-10-13;1-2-5-9-7-3-6-8(9)4-1;1-6-4-3-5-7(6)2;;;/h1-10H;1-7H;4H,3H2,1-2H3;2*1H;. The van der Waals surface area contributed by atoms with Crippen LogP contribution in [0.2, 0.25) is 0 Å². The maximum Gasteiger partial charge on any atom is -0.147 e. The average molecular weight is 539 g/mol. The zero-order chi connectivity index (χ0) is 20.5. The molecule has 3 aromatic rings. The molecule has 3 aromatic carbocycles. The molecule has 3 heteroatoms. The molecule has 2 aliphatic rings. The average Bonchev–Trinajstić information content (AvgIpc) is 3.37. The molecule has 1 atom stereocenters. The predicted octanol–water partition coefficient (Wildman–Crippen LogP) is 8.11. The second-order valence-electron chi connectivity index (χ2n) is 8.18. The van der Waals surface area contributed by atoms with Crippen molar-refractivity contribution in [1.29, 1.82) is 0 Å². The smallest absolute Gasteiger partial charge is 0.147 e. The summed E-state index contributed by atoms with van der Waals surface area (Å²) in [7, 11) is 0. The summed E-state index contributed by atoms with van der Waals surface area (Å²) in [6.45, 7) is 4.64. The fourth-order valence-corrected chi connectivity index (χ4v) is 14.0. The Balaban J connectivity index is 0.00000144. The van der Waals surface area contributed by atoms with E-state index in [1.54, 1.807) is 12.1 Å². The third-order valence-corrected chi connectivity index (χ3v) is 15.0. The largest absolute Gasteiger partial charge is 0.147 e. The fraction of sp³-hybridized carbons (Fsp3) is 0.138. The molecule has 0 aromatic heterocycles. The Kier molecular flexibility index (Phi) is 8.45. The molecule has 0 radical (unpaired) electrons. The second-order valence-corrected chi connectivity index (χ2v) is 14.5. The van der Waals surface area contributed by atoms with E-state index in [2.05, 4.69) is 117 Å². The number of hydrogen-bond acceptors (Lipinski definition) is 0. The van der Waals surface area contributed by atoms with Gasteiger partial charge in [-0.1, -0.05) is 0 Å². The summed E-state index contributed by atoms with van der Waals surface area (Å²) in [5, 5.41) is 0. The van der Waals surface area contributed by atoms with Crippen molar-refractivity contribution in [1.82, 2.24) is 0 Å². The maximum atomic E-state index is 2.51. The summed E-state index contributed by atoms with van der Waals surface area (Å²) in [6.07, 6.45) is 8.45. The molecule has 0 bridgehead atoms. The van der Waals surface area contributed by atoms with Crippen molar-refractivity contribution in [3.05, 3.63) is 134 Å². The number of benzene rings is 3. The van der Waals surface area contributed by atoms with E-state index >= 15 is 0 Å². The van der Waals surface area contributed by atoms with Crippen molar-refractivity contribution in [2.24, 2.45) is 0 Å². The van der Waals surface area contributed by atoms with E-state index in [1.165, 1.54) is 27.8 Å². The van der Waals surface area contributed by atoms with Crippen LogP contribution in [0.3, 0.4) is 0 Å². The monoisotopic (exact) mass is 536 g/mol. The Morgan fingerprint density at radius 3 is 1.88 bits per heavy atom. The van der Waals surface area contributed by atoms with Crippen LogP contribution in [0.15, 0.2) is 112 Å². The molecule has 32 heavy (non-hydrogen) atoms. The molecule has 0 nitrogen and oxygen atoms in total. The predicted molar refractivity (Wildman–Crippen MR) is 140 cm³/mol. The van der Waals surface area contributed by atoms with Gasteiger partial charge in [0.15, 0.2) is 0 Å². The van der Waals surface area contributed by atoms with E-state index in [-0.39, 0.29) is 24.8 Å². The van der Waals surface area contributed by atoms with Crippen molar-refractivity contribution in [2.75, 3.05) is 0 Å². The van der Waals surface area contributed by atoms with E-state index in [4.69, 9.17) is 0 Å². The van der Waals surface area contributed by atoms with Crippen LogP contribution in [0.25, 0.3) is 6.08 Å². The fourth-order valence-electron chi connectivity index (χ4n) is 4.79. The van der Waals surface area contributed by atoms with Gasteiger partial charge in [-0.25, -0.2) is 0 Å². The summed E-state index contributed by atoms with van der Waals surface area (Å²) >= 11 is -2.37. The van der Waals surface area contributed by atoms with Crippen LogP contribution in [-0.4, -0.2) is 3.21 Å². The summed E-state index contributed by atoms with van der Waals surface area (Å²) in [6, 6.07) is 31.3. The number of rotatable bonds is 4. The van der Waals surface area contributed by atoms with Crippen molar-refractivity contribution < 1.29 is 21.3 Å². The van der Waals surface area contributed by atoms with Gasteiger partial charge in [0.1, 0.15) is 0 Å². The quantitative estimate of drug-likeness (QED) is 0.315. The Bertz CT molecular complexity index is 1180. The van der Waals surface area contributed by atoms with E-state index in [0.717, 1.165) is 6.42 Å². The Morgan fingerprint density at radius 1 is 0.750 bits per heavy atom. The molecule has 162 valence electrons. The molecule has 1 unspecified atom stereocenters. The Labute approximate surface area is 211 Å². The third kappa shape index (κ3) is 4.62. The summed E-state index contributed by atoms with van der Waals surface area (Å²) in [4.78, 5) is 0. The molecule has 0 aliphatic heterocycles. The Hall–Kier alpha value is -1.79. The van der Waals surface area contributed by atoms with E-state index in [1.807, 2.05) is 0 Å². The van der Waals surface area contributed by atoms with Gasteiger partial charge in [0.2, 0.25) is 0 Å². The summed E-state index contributed by atoms with van der Waals surface area (Å²) in [5.74, 6) is 0. The number of hydrogen-bond donors (Lipinski definition) is 0. The van der Waals surface area contributed by atoms with Gasteiger partial charge >= 0.3 is 188 Å². The molecule has 0 heterocycles. The first-order chi connectivity index (χ1) is 14.7. The molecule has 0 N–H and O–H groups in total. The van der Waals surface area contributed by atoms with Gasteiger partial charge in [0.25, 0.3) is 0 Å². The van der Waals surface area contributed by atoms with Crippen LogP contribution in [-0.2, 0) is 21.3 Å². The van der Waals surface area contributed by atoms with Crippen LogP contribution in [0.4, 0.5) is 0 Å². The number of fused-ring (bicyclic) bond motifs is 1. The topological polar surface area (TPSA) is 0 Å². The first kappa shape index (κ1) is 24.8. The van der Waals surface area contributed by atoms with E-state index in [9.17, 15) is 0 Å². The minimum atomic E-state index is -2.37. The van der Waals surface area contributed by atoms with Gasteiger partial charge in [-0.3, -0.25) is 0 Å². The first-order valence-corrected chi connectivity index (χ1v) is 14.6. The Morgan fingerprint density at radius 2 is 1.31 bits per heavy atom. The molecule has 5 rings (SSSR count). The van der Waals surface area contributed by atoms with Crippen LogP contribution < -0.4 is 0 Å². The molecule has 2 aliphatic carbocycles. The van der Waals surface area contributed by atoms with Crippen molar-refractivity contribution in [3.8, 4) is 0 Å². The van der Waals surface area contributed by atoms with Crippen molar-refractivity contribution >= 4 is 34.1 Å². The second kappa shape index (κ2) is 10.9. The van der Waals surface area contributed by atoms with E-state index in [0.29, 0.717) is 3.63 Å². The molecule has 0 fully saturated rings. The molecular weight excluding hydrogens is 510 g/mol. The van der Waals surface area contributed by atoms with Crippen LogP contribution in [0.5, 0.6) is 0 Å². The molecule has 0 saturated heterocycles. The van der Waals surface area contributed by atoms with Gasteiger partial charge < -0.3 is 0 Å². The van der Waals surface area contributed by atoms with Gasteiger partial charge in [0, 0.05) is 0 Å². The van der Waals surface area contributed by atoms with Gasteiger partial charge in [0.05, 0.1) is 0 Å². The zero-order valence-corrected chi connectivity index (χ0v) is 22.5. The van der Waals surface area contributed by atoms with Crippen LogP contribution >= 0.6 is 24.8 Å². The molecule has 0 saturated carbocycles. The summed E-state index contributed by atoms with van der Waals surface area (Å²) < 4.78 is 3.93. The number of halogens is 2. The minimum absolute atomic E-state index is 0. The van der Waals surface area contributed by atoms with E-state index < -0.39 is 21.3 Å². The molecular formula is C29H28Cl2Zr. The minimum Gasteiger partial charge on any atom is -0.147 e. The maximum absolute atomic E-state index is 2.51. The summed E-state index contributed by atoms with van der Waals surface area (Å²) in [5.41, 5.74) is 8.76. The van der Waals surface area contributed by atoms with Crippen LogP contribution in [0.1, 0.15) is 46.1 Å². The molecule has 0 amide bonds. The van der Waals surface area contributed by atoms with Crippen molar-refractivity contribution in [2.45, 2.75) is 23.9 Å². The SMILES string of the molecule is CC1=CC[C]([Zr](=[C](c2ccccc2)c2ccccc2)[CH]2C=Cc3ccccc32)=C1C.Cl.Cl. The molecule has 0 spiro atoms. The third-order valence-electron chi connectivity index (χ3n) is 6.49. The van der Waals surface area contributed by atoms with Crippen LogP contribution in [0, 0.1) is 0 Å². The van der Waals surface area contributed by atoms with Gasteiger partial charge in [-0.2, -0.15) is 0 Å². The normalized spacial score (nSPS) is 16.1. The number of allylic oxidation sites excluding steroid dienone is 5. The van der Waals surface area contributed by atoms with Crippen molar-refractivity contribution in [3.63, 3.8) is 0 Å². The van der Waals surface area contributed by atoms with Gasteiger partial charge in [-0.15, -0.1) is 24.8 Å². The first-order valence-electron chi connectivity index (χ1n) is 10.7.